The molecule has 0 nitrogen and oxygen atoms in total. The molecule has 0 aliphatic heterocycles. The number of aryl methyl sites for hydroxylation is 1. The first-order valence-corrected chi connectivity index (χ1v) is 8.56. The quantitative estimate of drug-likeness (QED) is 0.536. The lowest BCUT2D eigenvalue weighted by molar-refractivity contribution is 0.996. The number of hydrogen-bond acceptors (Lipinski definition) is 0. The zero-order valence-corrected chi connectivity index (χ0v) is 14.0. The van der Waals surface area contributed by atoms with Crippen molar-refractivity contribution in [1.29, 1.82) is 0 Å². The summed E-state index contributed by atoms with van der Waals surface area (Å²) in [5.41, 5.74) is 8.58. The Hall–Kier alpha value is -2.34. The van der Waals surface area contributed by atoms with E-state index in [1.54, 1.807) is 0 Å². The van der Waals surface area contributed by atoms with Crippen molar-refractivity contribution in [3.63, 3.8) is 0 Å². The molecule has 0 saturated heterocycles. The summed E-state index contributed by atoms with van der Waals surface area (Å²) in [7, 11) is 0. The van der Waals surface area contributed by atoms with E-state index < -0.39 is 0 Å². The molecule has 0 heterocycles. The van der Waals surface area contributed by atoms with Crippen LogP contribution in [0.1, 0.15) is 36.1 Å². The molecule has 3 aromatic carbocycles. The Balaban J connectivity index is 2.16. The van der Waals surface area contributed by atoms with Crippen LogP contribution < -0.4 is 0 Å². The van der Waals surface area contributed by atoms with Crippen LogP contribution in [0.4, 0.5) is 0 Å². The molecule has 0 heteroatoms. The highest BCUT2D eigenvalue weighted by atomic mass is 14.2. The van der Waals surface area contributed by atoms with Gasteiger partial charge in [0.25, 0.3) is 0 Å². The molecular formula is C23H24. The lowest BCUT2D eigenvalue weighted by atomic mass is 9.86. The third kappa shape index (κ3) is 3.37. The molecular weight excluding hydrogens is 276 g/mol. The Labute approximate surface area is 139 Å². The van der Waals surface area contributed by atoms with Crippen molar-refractivity contribution in [1.82, 2.24) is 0 Å². The van der Waals surface area contributed by atoms with E-state index in [0.717, 1.165) is 19.3 Å². The van der Waals surface area contributed by atoms with Crippen LogP contribution in [0, 0.1) is 0 Å². The highest BCUT2D eigenvalue weighted by Crippen LogP contribution is 2.31. The van der Waals surface area contributed by atoms with Crippen molar-refractivity contribution < 1.29 is 0 Å². The zero-order chi connectivity index (χ0) is 16.1. The maximum Gasteiger partial charge on any atom is -0.00168 e. The van der Waals surface area contributed by atoms with E-state index in [0.29, 0.717) is 0 Å². The summed E-state index contributed by atoms with van der Waals surface area (Å²) in [5, 5.41) is 0. The number of benzene rings is 3. The van der Waals surface area contributed by atoms with Gasteiger partial charge < -0.3 is 0 Å². The summed E-state index contributed by atoms with van der Waals surface area (Å²) in [4.78, 5) is 0. The van der Waals surface area contributed by atoms with Gasteiger partial charge in [-0.05, 0) is 52.6 Å². The molecule has 0 bridgehead atoms. The van der Waals surface area contributed by atoms with E-state index in [9.17, 15) is 0 Å². The van der Waals surface area contributed by atoms with E-state index >= 15 is 0 Å². The molecule has 0 spiro atoms. The Kier molecular flexibility index (Phi) is 4.92. The molecule has 0 unspecified atom stereocenters. The first-order chi connectivity index (χ1) is 11.3. The highest BCUT2D eigenvalue weighted by Gasteiger charge is 2.13. The molecule has 0 fully saturated rings. The van der Waals surface area contributed by atoms with Crippen LogP contribution in [0.15, 0.2) is 72.8 Å². The molecule has 0 aliphatic rings. The molecule has 0 atom stereocenters. The fourth-order valence-corrected chi connectivity index (χ4v) is 3.40. The standard InChI is InChI=1S/C23H24/c1-3-19-15-16-22(20-13-9-6-10-14-20)23(21(19)4-2)17-18-11-7-5-8-12-18/h5-16H,3-4,17H2,1-2H3. The third-order valence-electron chi connectivity index (χ3n) is 4.57. The smallest absolute Gasteiger partial charge is 0.00168 e. The van der Waals surface area contributed by atoms with E-state index in [2.05, 4.69) is 86.6 Å². The largest absolute Gasteiger partial charge is 0.0622 e. The maximum absolute atomic E-state index is 2.32. The van der Waals surface area contributed by atoms with Gasteiger partial charge in [0.1, 0.15) is 0 Å². The SMILES string of the molecule is CCc1ccc(-c2ccccc2)c(Cc2ccccc2)c1CC. The fraction of sp³-hybridized carbons (Fsp3) is 0.217. The molecule has 0 N–H and O–H groups in total. The van der Waals surface area contributed by atoms with E-state index in [-0.39, 0.29) is 0 Å². The second kappa shape index (κ2) is 7.28. The second-order valence-corrected chi connectivity index (χ2v) is 5.96. The lowest BCUT2D eigenvalue weighted by Crippen LogP contribution is -2.02. The Morgan fingerprint density at radius 2 is 1.26 bits per heavy atom. The van der Waals surface area contributed by atoms with Crippen molar-refractivity contribution >= 4 is 0 Å². The average molecular weight is 300 g/mol. The molecule has 0 radical (unpaired) electrons. The molecule has 3 aromatic rings. The summed E-state index contributed by atoms with van der Waals surface area (Å²) in [6, 6.07) is 26.2. The maximum atomic E-state index is 2.32. The normalized spacial score (nSPS) is 10.7. The van der Waals surface area contributed by atoms with Crippen LogP contribution in [0.25, 0.3) is 11.1 Å². The van der Waals surface area contributed by atoms with Gasteiger partial charge in [0.05, 0.1) is 0 Å². The zero-order valence-electron chi connectivity index (χ0n) is 14.0. The highest BCUT2D eigenvalue weighted by molar-refractivity contribution is 5.70. The van der Waals surface area contributed by atoms with Gasteiger partial charge in [-0.3, -0.25) is 0 Å². The molecule has 0 saturated carbocycles. The fourth-order valence-electron chi connectivity index (χ4n) is 3.40. The van der Waals surface area contributed by atoms with Crippen LogP contribution in [0.2, 0.25) is 0 Å². The number of hydrogen-bond donors (Lipinski definition) is 0. The van der Waals surface area contributed by atoms with Crippen LogP contribution in [-0.4, -0.2) is 0 Å². The first-order valence-electron chi connectivity index (χ1n) is 8.56. The molecule has 0 amide bonds. The van der Waals surface area contributed by atoms with Gasteiger partial charge in [-0.15, -0.1) is 0 Å². The van der Waals surface area contributed by atoms with Gasteiger partial charge in [-0.2, -0.15) is 0 Å². The van der Waals surface area contributed by atoms with Crippen molar-refractivity contribution in [3.8, 4) is 11.1 Å². The summed E-state index contributed by atoms with van der Waals surface area (Å²) in [5.74, 6) is 0. The van der Waals surface area contributed by atoms with Gasteiger partial charge in [-0.25, -0.2) is 0 Å². The van der Waals surface area contributed by atoms with Crippen LogP contribution >= 0.6 is 0 Å². The molecule has 116 valence electrons. The summed E-state index contributed by atoms with van der Waals surface area (Å²) in [6.45, 7) is 4.53. The van der Waals surface area contributed by atoms with Crippen molar-refractivity contribution in [2.24, 2.45) is 0 Å². The van der Waals surface area contributed by atoms with Gasteiger partial charge in [0.2, 0.25) is 0 Å². The van der Waals surface area contributed by atoms with Gasteiger partial charge in [-0.1, -0.05) is 86.6 Å². The minimum atomic E-state index is 1.00. The Bertz CT molecular complexity index is 755. The summed E-state index contributed by atoms with van der Waals surface area (Å²) < 4.78 is 0. The van der Waals surface area contributed by atoms with Crippen LogP contribution in [0.5, 0.6) is 0 Å². The van der Waals surface area contributed by atoms with Gasteiger partial charge in [0.15, 0.2) is 0 Å². The predicted octanol–water partition coefficient (Wildman–Crippen LogP) is 6.07. The lowest BCUT2D eigenvalue weighted by Gasteiger charge is -2.18. The Morgan fingerprint density at radius 1 is 0.609 bits per heavy atom. The Morgan fingerprint density at radius 3 is 1.87 bits per heavy atom. The molecule has 3 rings (SSSR count). The monoisotopic (exact) mass is 300 g/mol. The van der Waals surface area contributed by atoms with Crippen molar-refractivity contribution in [2.45, 2.75) is 33.1 Å². The van der Waals surface area contributed by atoms with E-state index in [1.807, 2.05) is 0 Å². The predicted molar refractivity (Wildman–Crippen MR) is 99.9 cm³/mol. The molecule has 23 heavy (non-hydrogen) atoms. The first kappa shape index (κ1) is 15.6. The topological polar surface area (TPSA) is 0 Å². The molecule has 0 aromatic heterocycles. The summed E-state index contributed by atoms with van der Waals surface area (Å²) >= 11 is 0. The van der Waals surface area contributed by atoms with E-state index in [4.69, 9.17) is 0 Å². The van der Waals surface area contributed by atoms with Crippen molar-refractivity contribution in [2.75, 3.05) is 0 Å². The minimum Gasteiger partial charge on any atom is -0.0622 e. The second-order valence-electron chi connectivity index (χ2n) is 5.96. The third-order valence-corrected chi connectivity index (χ3v) is 4.57. The number of rotatable bonds is 5. The average Bonchev–Trinajstić information content (AvgIpc) is 2.63. The van der Waals surface area contributed by atoms with E-state index in [1.165, 1.54) is 33.4 Å². The van der Waals surface area contributed by atoms with Crippen molar-refractivity contribution in [3.05, 3.63) is 95.1 Å². The van der Waals surface area contributed by atoms with Crippen LogP contribution in [-0.2, 0) is 19.3 Å². The van der Waals surface area contributed by atoms with Gasteiger partial charge >= 0.3 is 0 Å². The van der Waals surface area contributed by atoms with Crippen LogP contribution in [0.3, 0.4) is 0 Å². The van der Waals surface area contributed by atoms with Gasteiger partial charge in [0, 0.05) is 0 Å². The molecule has 0 aliphatic carbocycles. The summed E-state index contributed by atoms with van der Waals surface area (Å²) in [6.07, 6.45) is 3.19. The minimum absolute atomic E-state index is 1.00.